The summed E-state index contributed by atoms with van der Waals surface area (Å²) in [5, 5.41) is 9.51. The summed E-state index contributed by atoms with van der Waals surface area (Å²) in [6.45, 7) is 4.82. The number of hydrogen-bond acceptors (Lipinski definition) is 4. The number of carbonyl (C=O) groups excluding carboxylic acids is 1. The standard InChI is InChI=1S/C17H20N4OS/c1-11-19-15(10-23-11)12-2-4-14(5-3-12)20-17(22)21-7-6-13-8-18-9-16(13)21/h2-5,10,13,16,18H,6-9H2,1H3,(H,20,22)/t13-,16+/m1/s1. The minimum Gasteiger partial charge on any atom is -0.320 e. The number of nitrogens with one attached hydrogen (secondary N) is 2. The van der Waals surface area contributed by atoms with Crippen LogP contribution >= 0.6 is 11.3 Å². The number of likely N-dealkylation sites (tertiary alicyclic amines) is 1. The van der Waals surface area contributed by atoms with E-state index in [0.717, 1.165) is 48.0 Å². The number of benzene rings is 1. The monoisotopic (exact) mass is 328 g/mol. The average molecular weight is 328 g/mol. The van der Waals surface area contributed by atoms with E-state index in [9.17, 15) is 4.79 Å². The second-order valence-corrected chi connectivity index (χ2v) is 7.29. The highest BCUT2D eigenvalue weighted by Gasteiger charge is 2.39. The summed E-state index contributed by atoms with van der Waals surface area (Å²) in [5.74, 6) is 0.621. The van der Waals surface area contributed by atoms with Gasteiger partial charge >= 0.3 is 6.03 Å². The number of fused-ring (bicyclic) bond motifs is 1. The summed E-state index contributed by atoms with van der Waals surface area (Å²) < 4.78 is 0. The van der Waals surface area contributed by atoms with Gasteiger partial charge in [-0.1, -0.05) is 12.1 Å². The lowest BCUT2D eigenvalue weighted by atomic mass is 10.1. The SMILES string of the molecule is Cc1nc(-c2ccc(NC(=O)N3CC[C@@H]4CNC[C@@H]43)cc2)cs1. The molecule has 2 aliphatic rings. The van der Waals surface area contributed by atoms with Crippen molar-refractivity contribution in [2.45, 2.75) is 19.4 Å². The Hall–Kier alpha value is -1.92. The number of hydrogen-bond donors (Lipinski definition) is 2. The smallest absolute Gasteiger partial charge is 0.320 e. The Labute approximate surface area is 139 Å². The second-order valence-electron chi connectivity index (χ2n) is 6.23. The molecule has 1 aromatic carbocycles. The van der Waals surface area contributed by atoms with Gasteiger partial charge in [-0.2, -0.15) is 0 Å². The molecule has 0 radical (unpaired) electrons. The first-order chi connectivity index (χ1) is 11.2. The lowest BCUT2D eigenvalue weighted by molar-refractivity contribution is 0.206. The van der Waals surface area contributed by atoms with Gasteiger partial charge in [-0.05, 0) is 31.4 Å². The molecule has 0 spiro atoms. The molecule has 2 aromatic rings. The molecule has 3 heterocycles. The molecule has 2 fully saturated rings. The summed E-state index contributed by atoms with van der Waals surface area (Å²) in [7, 11) is 0. The fourth-order valence-electron chi connectivity index (χ4n) is 3.52. The maximum absolute atomic E-state index is 12.5. The van der Waals surface area contributed by atoms with Gasteiger partial charge in [0.1, 0.15) is 0 Å². The van der Waals surface area contributed by atoms with E-state index in [4.69, 9.17) is 0 Å². The van der Waals surface area contributed by atoms with Gasteiger partial charge in [0, 0.05) is 42.3 Å². The first-order valence-corrected chi connectivity index (χ1v) is 8.89. The van der Waals surface area contributed by atoms with E-state index in [1.54, 1.807) is 11.3 Å². The second kappa shape index (κ2) is 5.94. The summed E-state index contributed by atoms with van der Waals surface area (Å²) in [6.07, 6.45) is 1.10. The molecule has 0 saturated carbocycles. The number of aromatic nitrogens is 1. The van der Waals surface area contributed by atoms with Crippen LogP contribution in [0.15, 0.2) is 29.6 Å². The van der Waals surface area contributed by atoms with Crippen molar-refractivity contribution in [1.29, 1.82) is 0 Å². The van der Waals surface area contributed by atoms with Crippen molar-refractivity contribution in [3.05, 3.63) is 34.7 Å². The Morgan fingerprint density at radius 1 is 1.35 bits per heavy atom. The molecule has 2 aliphatic heterocycles. The van der Waals surface area contributed by atoms with E-state index in [0.29, 0.717) is 12.0 Å². The van der Waals surface area contributed by atoms with Gasteiger partial charge in [-0.25, -0.2) is 9.78 Å². The maximum atomic E-state index is 12.5. The number of nitrogens with zero attached hydrogens (tertiary/aromatic N) is 2. The van der Waals surface area contributed by atoms with Crippen LogP contribution in [0.3, 0.4) is 0 Å². The van der Waals surface area contributed by atoms with E-state index < -0.39 is 0 Å². The first kappa shape index (κ1) is 14.7. The van der Waals surface area contributed by atoms with Crippen molar-refractivity contribution in [2.75, 3.05) is 25.0 Å². The van der Waals surface area contributed by atoms with Crippen LogP contribution in [0.4, 0.5) is 10.5 Å². The molecule has 6 heteroatoms. The van der Waals surface area contributed by atoms with Crippen molar-refractivity contribution in [3.63, 3.8) is 0 Å². The molecular formula is C17H20N4OS. The van der Waals surface area contributed by atoms with Crippen molar-refractivity contribution in [3.8, 4) is 11.3 Å². The summed E-state index contributed by atoms with van der Waals surface area (Å²) >= 11 is 1.65. The van der Waals surface area contributed by atoms with Gasteiger partial charge in [0.2, 0.25) is 0 Å². The molecule has 5 nitrogen and oxygen atoms in total. The lowest BCUT2D eigenvalue weighted by Gasteiger charge is -2.23. The van der Waals surface area contributed by atoms with Crippen LogP contribution in [0.25, 0.3) is 11.3 Å². The van der Waals surface area contributed by atoms with E-state index >= 15 is 0 Å². The van der Waals surface area contributed by atoms with Crippen LogP contribution in [0, 0.1) is 12.8 Å². The van der Waals surface area contributed by atoms with Crippen LogP contribution in [-0.2, 0) is 0 Å². The Balaban J connectivity index is 1.43. The Morgan fingerprint density at radius 3 is 2.91 bits per heavy atom. The molecular weight excluding hydrogens is 308 g/mol. The van der Waals surface area contributed by atoms with E-state index in [1.165, 1.54) is 0 Å². The van der Waals surface area contributed by atoms with Gasteiger partial charge in [0.05, 0.1) is 10.7 Å². The number of amides is 2. The number of thiazole rings is 1. The van der Waals surface area contributed by atoms with Gasteiger partial charge in [-0.3, -0.25) is 0 Å². The third kappa shape index (κ3) is 2.84. The largest absolute Gasteiger partial charge is 0.322 e. The molecule has 4 rings (SSSR count). The topological polar surface area (TPSA) is 57.3 Å². The van der Waals surface area contributed by atoms with Crippen LogP contribution < -0.4 is 10.6 Å². The molecule has 0 bridgehead atoms. The van der Waals surface area contributed by atoms with Gasteiger partial charge in [0.15, 0.2) is 0 Å². The fourth-order valence-corrected chi connectivity index (χ4v) is 4.14. The number of carbonyl (C=O) groups is 1. The quantitative estimate of drug-likeness (QED) is 0.891. The fraction of sp³-hybridized carbons (Fsp3) is 0.412. The van der Waals surface area contributed by atoms with Crippen molar-refractivity contribution < 1.29 is 4.79 Å². The molecule has 0 aliphatic carbocycles. The minimum atomic E-state index is 0.0125. The van der Waals surface area contributed by atoms with E-state index in [2.05, 4.69) is 21.0 Å². The highest BCUT2D eigenvalue weighted by molar-refractivity contribution is 7.09. The predicted octanol–water partition coefficient (Wildman–Crippen LogP) is 2.94. The van der Waals surface area contributed by atoms with E-state index in [1.807, 2.05) is 36.1 Å². The lowest BCUT2D eigenvalue weighted by Crippen LogP contribution is -2.41. The third-order valence-corrected chi connectivity index (χ3v) is 5.53. The Kier molecular flexibility index (Phi) is 3.79. The van der Waals surface area contributed by atoms with Crippen molar-refractivity contribution in [1.82, 2.24) is 15.2 Å². The minimum absolute atomic E-state index is 0.0125. The number of anilines is 1. The average Bonchev–Trinajstić information content (AvgIpc) is 3.24. The molecule has 1 aromatic heterocycles. The predicted molar refractivity (Wildman–Crippen MR) is 92.8 cm³/mol. The van der Waals surface area contributed by atoms with E-state index in [-0.39, 0.29) is 6.03 Å². The van der Waals surface area contributed by atoms with Gasteiger partial charge in [-0.15, -0.1) is 11.3 Å². The van der Waals surface area contributed by atoms with Crippen LogP contribution in [0.2, 0.25) is 0 Å². The van der Waals surface area contributed by atoms with Crippen molar-refractivity contribution >= 4 is 23.1 Å². The molecule has 2 saturated heterocycles. The molecule has 2 N–H and O–H groups in total. The highest BCUT2D eigenvalue weighted by Crippen LogP contribution is 2.28. The summed E-state index contributed by atoms with van der Waals surface area (Å²) in [4.78, 5) is 19.0. The van der Waals surface area contributed by atoms with Crippen LogP contribution in [0.1, 0.15) is 11.4 Å². The summed E-state index contributed by atoms with van der Waals surface area (Å²) in [5.41, 5.74) is 2.90. The maximum Gasteiger partial charge on any atom is 0.322 e. The van der Waals surface area contributed by atoms with Gasteiger partial charge < -0.3 is 15.5 Å². The zero-order valence-corrected chi connectivity index (χ0v) is 13.9. The third-order valence-electron chi connectivity index (χ3n) is 4.76. The number of urea groups is 1. The molecule has 2 amide bonds. The number of aryl methyl sites for hydroxylation is 1. The first-order valence-electron chi connectivity index (χ1n) is 8.01. The highest BCUT2D eigenvalue weighted by atomic mass is 32.1. The Morgan fingerprint density at radius 2 is 2.17 bits per heavy atom. The molecule has 120 valence electrons. The van der Waals surface area contributed by atoms with Crippen LogP contribution in [0.5, 0.6) is 0 Å². The molecule has 2 atom stereocenters. The van der Waals surface area contributed by atoms with Gasteiger partial charge in [0.25, 0.3) is 0 Å². The van der Waals surface area contributed by atoms with Crippen LogP contribution in [-0.4, -0.2) is 41.6 Å². The summed E-state index contributed by atoms with van der Waals surface area (Å²) in [6, 6.07) is 8.28. The Bertz CT molecular complexity index is 712. The molecule has 0 unspecified atom stereocenters. The molecule has 23 heavy (non-hydrogen) atoms. The normalized spacial score (nSPS) is 23.1. The number of rotatable bonds is 2. The zero-order valence-electron chi connectivity index (χ0n) is 13.1. The zero-order chi connectivity index (χ0) is 15.8. The van der Waals surface area contributed by atoms with Crippen molar-refractivity contribution in [2.24, 2.45) is 5.92 Å².